The number of ketones is 1. The largest absolute Gasteiger partial charge is 0.296 e. The minimum absolute atomic E-state index is 0.118. The van der Waals surface area contributed by atoms with E-state index in [1.54, 1.807) is 16.8 Å². The maximum Gasteiger partial charge on any atom is 0.269 e. The van der Waals surface area contributed by atoms with Crippen molar-refractivity contribution in [1.29, 1.82) is 0 Å². The fourth-order valence-electron chi connectivity index (χ4n) is 3.96. The van der Waals surface area contributed by atoms with Crippen LogP contribution in [0.4, 0.5) is 5.69 Å². The molecule has 4 rings (SSSR count). The van der Waals surface area contributed by atoms with E-state index >= 15 is 0 Å². The minimum atomic E-state index is -0.371. The lowest BCUT2D eigenvalue weighted by Crippen LogP contribution is -2.37. The first-order valence-electron chi connectivity index (χ1n) is 10.4. The van der Waals surface area contributed by atoms with E-state index in [2.05, 4.69) is 20.4 Å². The summed E-state index contributed by atoms with van der Waals surface area (Å²) >= 11 is 0. The van der Waals surface area contributed by atoms with Crippen molar-refractivity contribution >= 4 is 11.5 Å². The van der Waals surface area contributed by atoms with E-state index in [0.29, 0.717) is 18.0 Å². The number of tetrazole rings is 1. The molecule has 2 aromatic carbocycles. The number of hydrogen-bond donors (Lipinski definition) is 0. The Morgan fingerprint density at radius 2 is 1.77 bits per heavy atom. The van der Waals surface area contributed by atoms with Gasteiger partial charge in [0.05, 0.1) is 17.2 Å². The summed E-state index contributed by atoms with van der Waals surface area (Å²) in [7, 11) is 0. The first-order chi connectivity index (χ1) is 15.1. The second kappa shape index (κ2) is 9.57. The minimum Gasteiger partial charge on any atom is -0.296 e. The van der Waals surface area contributed by atoms with Gasteiger partial charge in [0.25, 0.3) is 5.69 Å². The molecule has 9 heteroatoms. The molecule has 0 unspecified atom stereocenters. The highest BCUT2D eigenvalue weighted by Crippen LogP contribution is 2.23. The molecule has 9 nitrogen and oxygen atoms in total. The van der Waals surface area contributed by atoms with E-state index in [1.165, 1.54) is 6.33 Å². The summed E-state index contributed by atoms with van der Waals surface area (Å²) in [5.41, 5.74) is 2.77. The number of nitro groups is 1. The number of benzene rings is 2. The summed E-state index contributed by atoms with van der Waals surface area (Å²) in [5.74, 6) is 0.740. The van der Waals surface area contributed by atoms with Crippen molar-refractivity contribution in [2.45, 2.75) is 25.7 Å². The van der Waals surface area contributed by atoms with Crippen LogP contribution in [0.5, 0.6) is 0 Å². The molecule has 3 aromatic rings. The fourth-order valence-corrected chi connectivity index (χ4v) is 3.96. The lowest BCUT2D eigenvalue weighted by atomic mass is 9.90. The van der Waals surface area contributed by atoms with Crippen LogP contribution in [0, 0.1) is 16.0 Å². The number of aromatic nitrogens is 4. The van der Waals surface area contributed by atoms with Crippen molar-refractivity contribution in [1.82, 2.24) is 25.1 Å². The molecule has 1 aromatic heterocycles. The number of nitrogens with zero attached hydrogens (tertiary/aromatic N) is 6. The number of hydrogen-bond acceptors (Lipinski definition) is 7. The molecular weight excluding hydrogens is 396 g/mol. The number of carbonyl (C=O) groups excluding carboxylic acids is 1. The molecular formula is C22H24N6O3. The predicted molar refractivity (Wildman–Crippen MR) is 114 cm³/mol. The van der Waals surface area contributed by atoms with Gasteiger partial charge in [-0.25, -0.2) is 4.68 Å². The third kappa shape index (κ3) is 5.37. The van der Waals surface area contributed by atoms with Crippen molar-refractivity contribution in [3.8, 4) is 5.69 Å². The molecule has 0 N–H and O–H groups in total. The number of nitro benzene ring substituents is 1. The Morgan fingerprint density at radius 3 is 2.39 bits per heavy atom. The quantitative estimate of drug-likeness (QED) is 0.313. The van der Waals surface area contributed by atoms with Gasteiger partial charge in [-0.15, -0.1) is 5.10 Å². The molecule has 0 bridgehead atoms. The van der Waals surface area contributed by atoms with Gasteiger partial charge in [-0.2, -0.15) is 0 Å². The Labute approximate surface area is 179 Å². The maximum absolute atomic E-state index is 12.6. The Bertz CT molecular complexity index is 1010. The summed E-state index contributed by atoms with van der Waals surface area (Å²) in [6.45, 7) is 2.26. The summed E-state index contributed by atoms with van der Waals surface area (Å²) in [6.07, 6.45) is 5.65. The zero-order valence-corrected chi connectivity index (χ0v) is 17.1. The van der Waals surface area contributed by atoms with Crippen molar-refractivity contribution in [2.24, 2.45) is 5.92 Å². The first-order valence-corrected chi connectivity index (χ1v) is 10.4. The molecule has 1 fully saturated rings. The van der Waals surface area contributed by atoms with Crippen molar-refractivity contribution in [3.05, 3.63) is 76.1 Å². The fraction of sp³-hybridized carbons (Fsp3) is 0.364. The lowest BCUT2D eigenvalue weighted by molar-refractivity contribution is -0.384. The van der Waals surface area contributed by atoms with Crippen molar-refractivity contribution < 1.29 is 9.72 Å². The van der Waals surface area contributed by atoms with Gasteiger partial charge in [-0.1, -0.05) is 12.1 Å². The van der Waals surface area contributed by atoms with Crippen LogP contribution < -0.4 is 0 Å². The molecule has 1 saturated heterocycles. The molecule has 0 radical (unpaired) electrons. The molecule has 0 saturated carbocycles. The van der Waals surface area contributed by atoms with Crippen LogP contribution in [0.15, 0.2) is 54.9 Å². The van der Waals surface area contributed by atoms with E-state index in [-0.39, 0.29) is 16.4 Å². The van der Waals surface area contributed by atoms with Crippen LogP contribution in [0.25, 0.3) is 5.69 Å². The van der Waals surface area contributed by atoms with Crippen LogP contribution in [0.3, 0.4) is 0 Å². The average Bonchev–Trinajstić information content (AvgIpc) is 3.34. The van der Waals surface area contributed by atoms with Gasteiger partial charge in [-0.05, 0) is 84.9 Å². The molecule has 160 valence electrons. The first kappa shape index (κ1) is 20.8. The normalized spacial score (nSPS) is 15.1. The van der Waals surface area contributed by atoms with Crippen LogP contribution in [0.2, 0.25) is 0 Å². The highest BCUT2D eigenvalue weighted by Gasteiger charge is 2.21. The van der Waals surface area contributed by atoms with Gasteiger partial charge in [-0.3, -0.25) is 19.8 Å². The standard InChI is InChI=1S/C22H24N6O3/c29-22(19-5-9-20(10-6-19)27-16-23-24-25-27)15-26-13-11-18(12-14-26)2-1-17-3-7-21(8-4-17)28(30)31/h3-10,16,18H,1-2,11-15H2. The topological polar surface area (TPSA) is 107 Å². The third-order valence-corrected chi connectivity index (χ3v) is 5.87. The van der Waals surface area contributed by atoms with Gasteiger partial charge in [0.1, 0.15) is 6.33 Å². The Hall–Kier alpha value is -3.46. The second-order valence-electron chi connectivity index (χ2n) is 7.91. The zero-order valence-electron chi connectivity index (χ0n) is 17.1. The Kier molecular flexibility index (Phi) is 6.42. The molecule has 0 atom stereocenters. The number of aryl methyl sites for hydroxylation is 1. The number of carbonyl (C=O) groups is 1. The average molecular weight is 420 g/mol. The van der Waals surface area contributed by atoms with Crippen LogP contribution in [0.1, 0.15) is 35.2 Å². The van der Waals surface area contributed by atoms with Gasteiger partial charge in [0.15, 0.2) is 5.78 Å². The lowest BCUT2D eigenvalue weighted by Gasteiger charge is -2.31. The van der Waals surface area contributed by atoms with E-state index in [1.807, 2.05) is 36.4 Å². The highest BCUT2D eigenvalue weighted by molar-refractivity contribution is 5.97. The van der Waals surface area contributed by atoms with Crippen LogP contribution in [-0.2, 0) is 6.42 Å². The zero-order chi connectivity index (χ0) is 21.6. The molecule has 31 heavy (non-hydrogen) atoms. The summed E-state index contributed by atoms with van der Waals surface area (Å²) in [5, 5.41) is 21.8. The van der Waals surface area contributed by atoms with Crippen LogP contribution >= 0.6 is 0 Å². The van der Waals surface area contributed by atoms with Gasteiger partial charge >= 0.3 is 0 Å². The van der Waals surface area contributed by atoms with E-state index in [9.17, 15) is 14.9 Å². The predicted octanol–water partition coefficient (Wildman–Crippen LogP) is 3.10. The van der Waals surface area contributed by atoms with Crippen molar-refractivity contribution in [2.75, 3.05) is 19.6 Å². The van der Waals surface area contributed by atoms with E-state index in [0.717, 1.165) is 50.0 Å². The molecule has 1 aliphatic heterocycles. The molecule has 2 heterocycles. The summed E-state index contributed by atoms with van der Waals surface area (Å²) in [6, 6.07) is 14.1. The number of non-ortho nitro benzene ring substituents is 1. The van der Waals surface area contributed by atoms with Crippen molar-refractivity contribution in [3.63, 3.8) is 0 Å². The summed E-state index contributed by atoms with van der Waals surface area (Å²) < 4.78 is 1.55. The smallest absolute Gasteiger partial charge is 0.269 e. The van der Waals surface area contributed by atoms with E-state index in [4.69, 9.17) is 0 Å². The molecule has 0 spiro atoms. The second-order valence-corrected chi connectivity index (χ2v) is 7.91. The van der Waals surface area contributed by atoms with Gasteiger partial charge in [0, 0.05) is 17.7 Å². The molecule has 0 aliphatic carbocycles. The number of Topliss-reactive ketones (excluding diaryl/α,β-unsaturated/α-hetero) is 1. The number of likely N-dealkylation sites (tertiary alicyclic amines) is 1. The third-order valence-electron chi connectivity index (χ3n) is 5.87. The Morgan fingerprint density at radius 1 is 1.06 bits per heavy atom. The van der Waals surface area contributed by atoms with E-state index < -0.39 is 0 Å². The monoisotopic (exact) mass is 420 g/mol. The number of piperidine rings is 1. The molecule has 0 amide bonds. The highest BCUT2D eigenvalue weighted by atomic mass is 16.6. The maximum atomic E-state index is 12.6. The SMILES string of the molecule is O=C(CN1CCC(CCc2ccc([N+](=O)[O-])cc2)CC1)c1ccc(-n2cnnn2)cc1. The van der Waals surface area contributed by atoms with Crippen LogP contribution in [-0.4, -0.2) is 55.4 Å². The number of rotatable bonds is 8. The van der Waals surface area contributed by atoms with Gasteiger partial charge < -0.3 is 0 Å². The molecule has 1 aliphatic rings. The Balaban J connectivity index is 1.21. The summed E-state index contributed by atoms with van der Waals surface area (Å²) in [4.78, 5) is 25.2. The van der Waals surface area contributed by atoms with Gasteiger partial charge in [0.2, 0.25) is 0 Å².